The number of anilines is 1. The Labute approximate surface area is 187 Å². The van der Waals surface area contributed by atoms with E-state index in [9.17, 15) is 13.2 Å². The van der Waals surface area contributed by atoms with Gasteiger partial charge in [-0.25, -0.2) is 13.4 Å². The highest BCUT2D eigenvalue weighted by Crippen LogP contribution is 2.36. The van der Waals surface area contributed by atoms with Crippen molar-refractivity contribution >= 4 is 16.0 Å². The Bertz CT molecular complexity index is 1280. The summed E-state index contributed by atoms with van der Waals surface area (Å²) < 4.78 is 29.3. The van der Waals surface area contributed by atoms with E-state index in [-0.39, 0.29) is 23.3 Å². The van der Waals surface area contributed by atoms with E-state index in [0.29, 0.717) is 24.7 Å². The summed E-state index contributed by atoms with van der Waals surface area (Å²) in [6.45, 7) is 1.67. The molecule has 2 fully saturated rings. The molecule has 0 radical (unpaired) electrons. The lowest BCUT2D eigenvalue weighted by Crippen LogP contribution is -2.40. The van der Waals surface area contributed by atoms with Gasteiger partial charge in [-0.1, -0.05) is 30.3 Å². The number of aromatic nitrogens is 3. The quantitative estimate of drug-likeness (QED) is 0.589. The van der Waals surface area contributed by atoms with Crippen LogP contribution in [0, 0.1) is 5.92 Å². The molecule has 0 amide bonds. The molecule has 9 heteroatoms. The molecule has 0 spiro atoms. The van der Waals surface area contributed by atoms with Gasteiger partial charge in [0.1, 0.15) is 0 Å². The van der Waals surface area contributed by atoms with Gasteiger partial charge in [0.2, 0.25) is 16.0 Å². The number of hydrogen-bond donors (Lipinski definition) is 0. The molecule has 32 heavy (non-hydrogen) atoms. The van der Waals surface area contributed by atoms with Gasteiger partial charge in [-0.05, 0) is 30.0 Å². The molecule has 2 aliphatic heterocycles. The zero-order valence-electron chi connectivity index (χ0n) is 17.8. The summed E-state index contributed by atoms with van der Waals surface area (Å²) in [6, 6.07) is 14.4. The lowest BCUT2D eigenvalue weighted by Gasteiger charge is -2.27. The standard InChI is InChI=1S/C23H25N5O3S/c1-26-22(29)13-20(18-7-10-24-11-8-18)25-23(26)28-12-9-19-14-27(15-21(19)28)32(30,31)16-17-5-3-2-4-6-17/h2-8,10-11,13,19,21H,9,12,14-16H2,1H3/t19-,21+/m1/s1. The summed E-state index contributed by atoms with van der Waals surface area (Å²) >= 11 is 0. The monoisotopic (exact) mass is 451 g/mol. The van der Waals surface area contributed by atoms with E-state index in [1.165, 1.54) is 6.07 Å². The molecule has 0 unspecified atom stereocenters. The maximum absolute atomic E-state index is 13.1. The Kier molecular flexibility index (Phi) is 5.30. The molecule has 166 valence electrons. The minimum Gasteiger partial charge on any atom is -0.338 e. The van der Waals surface area contributed by atoms with E-state index >= 15 is 0 Å². The zero-order valence-corrected chi connectivity index (χ0v) is 18.6. The SMILES string of the molecule is Cn1c(N2CC[C@@H]3CN(S(=O)(=O)Cc4ccccc4)C[C@@H]32)nc(-c2ccncc2)cc1=O. The van der Waals surface area contributed by atoms with Crippen LogP contribution in [0.5, 0.6) is 0 Å². The average molecular weight is 452 g/mol. The van der Waals surface area contributed by atoms with Crippen molar-refractivity contribution in [2.75, 3.05) is 24.5 Å². The second-order valence-corrected chi connectivity index (χ2v) is 10.4. The highest BCUT2D eigenvalue weighted by Gasteiger charge is 2.46. The molecule has 0 aliphatic carbocycles. The van der Waals surface area contributed by atoms with E-state index in [2.05, 4.69) is 9.88 Å². The van der Waals surface area contributed by atoms with Gasteiger partial charge >= 0.3 is 0 Å². The number of fused-ring (bicyclic) bond motifs is 1. The van der Waals surface area contributed by atoms with Gasteiger partial charge < -0.3 is 4.90 Å². The Morgan fingerprint density at radius 2 is 1.81 bits per heavy atom. The summed E-state index contributed by atoms with van der Waals surface area (Å²) in [4.78, 5) is 23.6. The number of pyridine rings is 1. The first-order valence-corrected chi connectivity index (χ1v) is 12.3. The van der Waals surface area contributed by atoms with Gasteiger partial charge in [0.15, 0.2) is 0 Å². The minimum atomic E-state index is -3.42. The number of hydrogen-bond acceptors (Lipinski definition) is 6. The van der Waals surface area contributed by atoms with Crippen LogP contribution in [0.4, 0.5) is 5.95 Å². The van der Waals surface area contributed by atoms with Gasteiger partial charge in [-0.2, -0.15) is 4.31 Å². The van der Waals surface area contributed by atoms with Crippen molar-refractivity contribution in [3.05, 3.63) is 76.8 Å². The van der Waals surface area contributed by atoms with Crippen molar-refractivity contribution in [1.29, 1.82) is 0 Å². The Balaban J connectivity index is 1.42. The molecule has 4 heterocycles. The van der Waals surface area contributed by atoms with Gasteiger partial charge in [-0.3, -0.25) is 14.3 Å². The maximum atomic E-state index is 13.1. The first-order chi connectivity index (χ1) is 15.4. The van der Waals surface area contributed by atoms with Crippen molar-refractivity contribution in [1.82, 2.24) is 18.8 Å². The highest BCUT2D eigenvalue weighted by atomic mass is 32.2. The summed E-state index contributed by atoms with van der Waals surface area (Å²) in [5, 5.41) is 0. The molecule has 1 aromatic carbocycles. The molecule has 0 N–H and O–H groups in total. The van der Waals surface area contributed by atoms with Crippen molar-refractivity contribution in [3.63, 3.8) is 0 Å². The number of nitrogens with zero attached hydrogens (tertiary/aromatic N) is 5. The van der Waals surface area contributed by atoms with Crippen LogP contribution < -0.4 is 10.5 Å². The van der Waals surface area contributed by atoms with Gasteiger partial charge in [-0.15, -0.1) is 0 Å². The topological polar surface area (TPSA) is 88.4 Å². The molecular formula is C23H25N5O3S. The van der Waals surface area contributed by atoms with Crippen molar-refractivity contribution in [3.8, 4) is 11.3 Å². The minimum absolute atomic E-state index is 0.00153. The van der Waals surface area contributed by atoms with Crippen molar-refractivity contribution < 1.29 is 8.42 Å². The lowest BCUT2D eigenvalue weighted by molar-refractivity contribution is 0.450. The van der Waals surface area contributed by atoms with Crippen LogP contribution in [0.3, 0.4) is 0 Å². The zero-order chi connectivity index (χ0) is 22.3. The smallest absolute Gasteiger partial charge is 0.255 e. The molecule has 0 bridgehead atoms. The predicted octanol–water partition coefficient (Wildman–Crippen LogP) is 1.88. The first-order valence-electron chi connectivity index (χ1n) is 10.7. The number of sulfonamides is 1. The van der Waals surface area contributed by atoms with Crippen LogP contribution in [0.2, 0.25) is 0 Å². The number of rotatable bonds is 5. The summed E-state index contributed by atoms with van der Waals surface area (Å²) in [6.07, 6.45) is 4.22. The summed E-state index contributed by atoms with van der Waals surface area (Å²) in [7, 11) is -1.70. The van der Waals surface area contributed by atoms with Crippen molar-refractivity contribution in [2.24, 2.45) is 13.0 Å². The van der Waals surface area contributed by atoms with E-state index in [4.69, 9.17) is 4.98 Å². The summed E-state index contributed by atoms with van der Waals surface area (Å²) in [5.41, 5.74) is 2.07. The van der Waals surface area contributed by atoms with E-state index < -0.39 is 10.0 Å². The van der Waals surface area contributed by atoms with Crippen molar-refractivity contribution in [2.45, 2.75) is 18.2 Å². The third-order valence-corrected chi connectivity index (χ3v) is 8.23. The molecule has 3 aromatic rings. The fourth-order valence-electron chi connectivity index (χ4n) is 4.73. The molecule has 5 rings (SSSR count). The van der Waals surface area contributed by atoms with E-state index in [0.717, 1.165) is 24.1 Å². The Morgan fingerprint density at radius 1 is 1.06 bits per heavy atom. The third kappa shape index (κ3) is 3.82. The Morgan fingerprint density at radius 3 is 2.56 bits per heavy atom. The maximum Gasteiger partial charge on any atom is 0.255 e. The third-order valence-electron chi connectivity index (χ3n) is 6.44. The molecule has 2 aromatic heterocycles. The molecule has 2 aliphatic rings. The fraction of sp³-hybridized carbons (Fsp3) is 0.348. The summed E-state index contributed by atoms with van der Waals surface area (Å²) in [5.74, 6) is 0.808. The fourth-order valence-corrected chi connectivity index (χ4v) is 6.32. The van der Waals surface area contributed by atoms with Crippen LogP contribution in [0.15, 0.2) is 65.7 Å². The second kappa shape index (κ2) is 8.14. The lowest BCUT2D eigenvalue weighted by atomic mass is 10.1. The molecule has 8 nitrogen and oxygen atoms in total. The van der Waals surface area contributed by atoms with E-state index in [1.54, 1.807) is 28.3 Å². The van der Waals surface area contributed by atoms with Crippen LogP contribution in [0.25, 0.3) is 11.3 Å². The van der Waals surface area contributed by atoms with Gasteiger partial charge in [0.05, 0.1) is 11.4 Å². The second-order valence-electron chi connectivity index (χ2n) is 8.44. The number of benzene rings is 1. The molecule has 2 saturated heterocycles. The molecule has 2 atom stereocenters. The Hall–Kier alpha value is -3.04. The molecule has 0 saturated carbocycles. The largest absolute Gasteiger partial charge is 0.338 e. The molecular weight excluding hydrogens is 426 g/mol. The van der Waals surface area contributed by atoms with Crippen LogP contribution in [-0.2, 0) is 22.8 Å². The van der Waals surface area contributed by atoms with Crippen LogP contribution in [-0.4, -0.2) is 52.9 Å². The normalized spacial score (nSPS) is 21.1. The van der Waals surface area contributed by atoms with Crippen LogP contribution >= 0.6 is 0 Å². The van der Waals surface area contributed by atoms with Crippen LogP contribution in [0.1, 0.15) is 12.0 Å². The van der Waals surface area contributed by atoms with E-state index in [1.807, 2.05) is 42.5 Å². The van der Waals surface area contributed by atoms with Gasteiger partial charge in [0, 0.05) is 56.7 Å². The first kappa shape index (κ1) is 20.8. The van der Waals surface area contributed by atoms with Gasteiger partial charge in [0.25, 0.3) is 5.56 Å². The highest BCUT2D eigenvalue weighted by molar-refractivity contribution is 7.88. The predicted molar refractivity (Wildman–Crippen MR) is 123 cm³/mol. The average Bonchev–Trinajstić information content (AvgIpc) is 3.38.